The van der Waals surface area contributed by atoms with E-state index in [1.165, 1.54) is 174 Å². The summed E-state index contributed by atoms with van der Waals surface area (Å²) < 4.78 is 10.6. The minimum absolute atomic E-state index is 0.250. The summed E-state index contributed by atoms with van der Waals surface area (Å²) >= 11 is 0. The molecule has 0 aliphatic rings. The molecule has 0 bridgehead atoms. The zero-order valence-corrected chi connectivity index (χ0v) is 32.3. The quantitative estimate of drug-likeness (QED) is 0.0294. The summed E-state index contributed by atoms with van der Waals surface area (Å²) in [5, 5.41) is 0. The van der Waals surface area contributed by atoms with Gasteiger partial charge in [-0.2, -0.15) is 0 Å². The van der Waals surface area contributed by atoms with Crippen LogP contribution in [-0.4, -0.2) is 25.7 Å². The second kappa shape index (κ2) is 35.7. The van der Waals surface area contributed by atoms with Gasteiger partial charge in [0.1, 0.15) is 0 Å². The van der Waals surface area contributed by atoms with Gasteiger partial charge in [-0.15, -0.1) is 0 Å². The van der Waals surface area contributed by atoms with Crippen LogP contribution in [0.2, 0.25) is 0 Å². The third-order valence-corrected chi connectivity index (χ3v) is 9.72. The van der Waals surface area contributed by atoms with Crippen molar-refractivity contribution in [2.75, 3.05) is 13.7 Å². The Balaban J connectivity index is 4.14. The fraction of sp³-hybridized carbons (Fsp3) is 0.860. The van der Waals surface area contributed by atoms with Gasteiger partial charge in [0.15, 0.2) is 0 Å². The second-order valence-electron chi connectivity index (χ2n) is 14.3. The first-order valence-electron chi connectivity index (χ1n) is 20.6. The third kappa shape index (κ3) is 30.2. The lowest BCUT2D eigenvalue weighted by Gasteiger charge is -2.11. The summed E-state index contributed by atoms with van der Waals surface area (Å²) in [7, 11) is 1.40. The highest BCUT2D eigenvalue weighted by molar-refractivity contribution is 5.91. The van der Waals surface area contributed by atoms with E-state index in [0.29, 0.717) is 17.8 Å². The average molecular weight is 661 g/mol. The molecule has 0 saturated carbocycles. The van der Waals surface area contributed by atoms with Crippen LogP contribution >= 0.6 is 0 Å². The van der Waals surface area contributed by atoms with Crippen LogP contribution in [-0.2, 0) is 19.1 Å². The van der Waals surface area contributed by atoms with Crippen LogP contribution in [0.5, 0.6) is 0 Å². The van der Waals surface area contributed by atoms with E-state index in [1.54, 1.807) is 6.92 Å². The van der Waals surface area contributed by atoms with Crippen molar-refractivity contribution >= 4 is 11.9 Å². The van der Waals surface area contributed by atoms with Gasteiger partial charge in [-0.05, 0) is 44.8 Å². The molecule has 0 aromatic heterocycles. The first kappa shape index (κ1) is 45.4. The van der Waals surface area contributed by atoms with Gasteiger partial charge in [-0.1, -0.05) is 194 Å². The molecule has 4 nitrogen and oxygen atoms in total. The Morgan fingerprint density at radius 3 is 1.11 bits per heavy atom. The molecular formula is C43H80O4. The van der Waals surface area contributed by atoms with Crippen molar-refractivity contribution in [2.45, 2.75) is 227 Å². The van der Waals surface area contributed by atoms with Crippen LogP contribution in [0.3, 0.4) is 0 Å². The van der Waals surface area contributed by atoms with Gasteiger partial charge >= 0.3 is 11.9 Å². The first-order valence-corrected chi connectivity index (χ1v) is 20.6. The highest BCUT2D eigenvalue weighted by Gasteiger charge is 2.13. The third-order valence-electron chi connectivity index (χ3n) is 9.72. The van der Waals surface area contributed by atoms with Crippen LogP contribution < -0.4 is 0 Å². The van der Waals surface area contributed by atoms with Gasteiger partial charge in [0.05, 0.1) is 13.7 Å². The molecule has 0 rings (SSSR count). The van der Waals surface area contributed by atoms with E-state index in [2.05, 4.69) is 13.8 Å². The normalized spacial score (nSPS) is 12.3. The molecule has 0 aromatic carbocycles. The number of hydrogen-bond acceptors (Lipinski definition) is 4. The smallest absolute Gasteiger partial charge is 0.333 e. The van der Waals surface area contributed by atoms with Crippen molar-refractivity contribution in [3.63, 3.8) is 0 Å². The molecule has 0 amide bonds. The van der Waals surface area contributed by atoms with Crippen molar-refractivity contribution in [3.8, 4) is 0 Å². The van der Waals surface area contributed by atoms with Gasteiger partial charge < -0.3 is 9.47 Å². The topological polar surface area (TPSA) is 52.6 Å². The minimum Gasteiger partial charge on any atom is -0.466 e. The molecule has 0 aliphatic heterocycles. The highest BCUT2D eigenvalue weighted by Crippen LogP contribution is 2.21. The van der Waals surface area contributed by atoms with Gasteiger partial charge in [0.2, 0.25) is 0 Å². The van der Waals surface area contributed by atoms with Gasteiger partial charge in [0, 0.05) is 11.1 Å². The van der Waals surface area contributed by atoms with Crippen LogP contribution in [0, 0.1) is 0 Å². The van der Waals surface area contributed by atoms with E-state index in [0.717, 1.165) is 37.7 Å². The predicted molar refractivity (Wildman–Crippen MR) is 204 cm³/mol. The van der Waals surface area contributed by atoms with Crippen molar-refractivity contribution in [3.05, 3.63) is 22.8 Å². The average Bonchev–Trinajstić information content (AvgIpc) is 3.08. The maximum absolute atomic E-state index is 12.9. The molecular weight excluding hydrogens is 580 g/mol. The molecule has 4 heteroatoms. The van der Waals surface area contributed by atoms with Crippen LogP contribution in [0.25, 0.3) is 0 Å². The SMILES string of the molecule is CCCCCCCCCCCCCCCCCCOC(=O)/C(C)=C(\C=C(/C)C(=O)OC)CCCCCCCCCCCCCCCC. The Labute approximate surface area is 293 Å². The Morgan fingerprint density at radius 1 is 0.447 bits per heavy atom. The van der Waals surface area contributed by atoms with Crippen LogP contribution in [0.1, 0.15) is 227 Å². The molecule has 0 unspecified atom stereocenters. The molecule has 0 aliphatic carbocycles. The maximum atomic E-state index is 12.9. The number of rotatable bonds is 35. The Bertz CT molecular complexity index is 781. The largest absolute Gasteiger partial charge is 0.466 e. The second-order valence-corrected chi connectivity index (χ2v) is 14.3. The first-order chi connectivity index (χ1) is 23.0. The lowest BCUT2D eigenvalue weighted by atomic mass is 9.98. The van der Waals surface area contributed by atoms with Crippen molar-refractivity contribution < 1.29 is 19.1 Å². The van der Waals surface area contributed by atoms with Crippen molar-refractivity contribution in [1.29, 1.82) is 0 Å². The summed E-state index contributed by atoms with van der Waals surface area (Å²) in [6, 6.07) is 0. The zero-order chi connectivity index (χ0) is 34.6. The van der Waals surface area contributed by atoms with E-state index in [1.807, 2.05) is 13.0 Å². The van der Waals surface area contributed by atoms with Crippen LogP contribution in [0.15, 0.2) is 22.8 Å². The monoisotopic (exact) mass is 661 g/mol. The number of hydrogen-bond donors (Lipinski definition) is 0. The maximum Gasteiger partial charge on any atom is 0.333 e. The summed E-state index contributed by atoms with van der Waals surface area (Å²) in [6.07, 6.45) is 42.3. The van der Waals surface area contributed by atoms with Gasteiger partial charge in [-0.25, -0.2) is 9.59 Å². The van der Waals surface area contributed by atoms with Gasteiger partial charge in [0.25, 0.3) is 0 Å². The molecule has 0 atom stereocenters. The molecule has 47 heavy (non-hydrogen) atoms. The Kier molecular flexibility index (Phi) is 34.5. The van der Waals surface area contributed by atoms with E-state index in [4.69, 9.17) is 9.47 Å². The Hall–Kier alpha value is -1.58. The molecule has 0 aromatic rings. The molecule has 0 N–H and O–H groups in total. The zero-order valence-electron chi connectivity index (χ0n) is 32.3. The molecule has 0 saturated heterocycles. The number of esters is 2. The lowest BCUT2D eigenvalue weighted by Crippen LogP contribution is -2.10. The predicted octanol–water partition coefficient (Wildman–Crippen LogP) is 14.1. The minimum atomic E-state index is -0.349. The van der Waals surface area contributed by atoms with Gasteiger partial charge in [-0.3, -0.25) is 0 Å². The number of allylic oxidation sites excluding steroid dienone is 2. The van der Waals surface area contributed by atoms with Crippen molar-refractivity contribution in [2.24, 2.45) is 0 Å². The number of carbonyl (C=O) groups excluding carboxylic acids is 2. The molecule has 0 spiro atoms. The van der Waals surface area contributed by atoms with Crippen LogP contribution in [0.4, 0.5) is 0 Å². The lowest BCUT2D eigenvalue weighted by molar-refractivity contribution is -0.139. The number of carbonyl (C=O) groups is 2. The summed E-state index contributed by atoms with van der Waals surface area (Å²) in [4.78, 5) is 24.9. The highest BCUT2D eigenvalue weighted by atomic mass is 16.5. The molecule has 276 valence electrons. The molecule has 0 radical (unpaired) electrons. The summed E-state index contributed by atoms with van der Waals surface area (Å²) in [5.74, 6) is -0.599. The van der Waals surface area contributed by atoms with E-state index < -0.39 is 0 Å². The fourth-order valence-electron chi connectivity index (χ4n) is 6.41. The van der Waals surface area contributed by atoms with E-state index >= 15 is 0 Å². The number of ether oxygens (including phenoxy) is 2. The standard InChI is InChI=1S/C43H80O4/c1-6-8-10-12-14-16-18-20-22-23-25-27-29-31-33-35-37-47-43(45)40(4)41(38-39(3)42(44)46-5)36-34-32-30-28-26-24-21-19-17-15-13-11-9-7-2/h38H,6-37H2,1-5H3/b39-38+,41-40-. The number of methoxy groups -OCH3 is 1. The van der Waals surface area contributed by atoms with E-state index in [9.17, 15) is 9.59 Å². The Morgan fingerprint density at radius 2 is 0.766 bits per heavy atom. The van der Waals surface area contributed by atoms with E-state index in [-0.39, 0.29) is 11.9 Å². The molecule has 0 fully saturated rings. The summed E-state index contributed by atoms with van der Waals surface area (Å²) in [5.41, 5.74) is 2.06. The van der Waals surface area contributed by atoms with Crippen molar-refractivity contribution in [1.82, 2.24) is 0 Å². The number of unbranched alkanes of at least 4 members (excludes halogenated alkanes) is 28. The summed E-state index contributed by atoms with van der Waals surface area (Å²) in [6.45, 7) is 8.63. The molecule has 0 heterocycles. The fourth-order valence-corrected chi connectivity index (χ4v) is 6.41.